The Morgan fingerprint density at radius 3 is 2.65 bits per heavy atom. The summed E-state index contributed by atoms with van der Waals surface area (Å²) >= 11 is 0. The van der Waals surface area contributed by atoms with Crippen molar-refractivity contribution in [1.82, 2.24) is 9.55 Å². The van der Waals surface area contributed by atoms with Crippen molar-refractivity contribution in [3.8, 4) is 0 Å². The van der Waals surface area contributed by atoms with Crippen molar-refractivity contribution in [2.45, 2.75) is 25.1 Å². The molecule has 20 heavy (non-hydrogen) atoms. The second-order valence-electron chi connectivity index (χ2n) is 4.71. The molecule has 0 saturated carbocycles. The fraction of sp³-hybridized carbons (Fsp3) is 0.357. The van der Waals surface area contributed by atoms with Crippen LogP contribution in [0.3, 0.4) is 0 Å². The average molecular weight is 284 g/mol. The third-order valence-electron chi connectivity index (χ3n) is 3.06. The predicted molar refractivity (Wildman–Crippen MR) is 68.1 cm³/mol. The lowest BCUT2D eigenvalue weighted by Gasteiger charge is -2.12. The summed E-state index contributed by atoms with van der Waals surface area (Å²) in [4.78, 5) is 4.08. The van der Waals surface area contributed by atoms with Gasteiger partial charge in [0.05, 0.1) is 11.7 Å². The normalized spacial score (nSPS) is 13.4. The monoisotopic (exact) mass is 284 g/mol. The molecule has 6 heteroatoms. The molecule has 2 aromatic rings. The molecule has 0 amide bonds. The third-order valence-corrected chi connectivity index (χ3v) is 3.06. The highest BCUT2D eigenvalue weighted by Crippen LogP contribution is 2.29. The molecule has 1 atom stereocenters. The average Bonchev–Trinajstić information content (AvgIpc) is 2.74. The van der Waals surface area contributed by atoms with Crippen LogP contribution >= 0.6 is 0 Å². The van der Waals surface area contributed by atoms with E-state index in [0.29, 0.717) is 17.8 Å². The smallest absolute Gasteiger partial charge is 0.392 e. The van der Waals surface area contributed by atoms with Crippen LogP contribution in [0.25, 0.3) is 0 Å². The summed E-state index contributed by atoms with van der Waals surface area (Å²) in [5, 5.41) is 9.96. The summed E-state index contributed by atoms with van der Waals surface area (Å²) in [5.74, 6) is 0.699. The Hall–Kier alpha value is -1.82. The van der Waals surface area contributed by atoms with Crippen LogP contribution in [0.1, 0.15) is 17.0 Å². The Labute approximate surface area is 114 Å². The quantitative estimate of drug-likeness (QED) is 0.937. The molecule has 0 saturated heterocycles. The molecule has 2 rings (SSSR count). The van der Waals surface area contributed by atoms with Gasteiger partial charge in [0.2, 0.25) is 0 Å². The first-order valence-electron chi connectivity index (χ1n) is 6.16. The van der Waals surface area contributed by atoms with Gasteiger partial charge < -0.3 is 9.67 Å². The molecular formula is C14H15F3N2O. The van der Waals surface area contributed by atoms with Gasteiger partial charge in [-0.25, -0.2) is 4.98 Å². The minimum absolute atomic E-state index is 0.163. The lowest BCUT2D eigenvalue weighted by molar-refractivity contribution is -0.137. The van der Waals surface area contributed by atoms with Gasteiger partial charge in [0.1, 0.15) is 5.82 Å². The van der Waals surface area contributed by atoms with Crippen LogP contribution in [0.5, 0.6) is 0 Å². The summed E-state index contributed by atoms with van der Waals surface area (Å²) in [6.45, 7) is 0. The molecule has 0 spiro atoms. The third kappa shape index (κ3) is 3.60. The number of aryl methyl sites for hydroxylation is 1. The maximum atomic E-state index is 12.6. The van der Waals surface area contributed by atoms with Crippen molar-refractivity contribution >= 4 is 0 Å². The maximum absolute atomic E-state index is 12.6. The van der Waals surface area contributed by atoms with E-state index in [1.807, 2.05) is 0 Å². The van der Waals surface area contributed by atoms with Crippen LogP contribution in [-0.2, 0) is 26.1 Å². The summed E-state index contributed by atoms with van der Waals surface area (Å²) in [6.07, 6.45) is -1.28. The second-order valence-corrected chi connectivity index (χ2v) is 4.71. The van der Waals surface area contributed by atoms with E-state index < -0.39 is 17.8 Å². The predicted octanol–water partition coefficient (Wildman–Crippen LogP) is 2.59. The zero-order valence-corrected chi connectivity index (χ0v) is 10.9. The number of alkyl halides is 3. The molecule has 3 nitrogen and oxygen atoms in total. The van der Waals surface area contributed by atoms with E-state index in [2.05, 4.69) is 4.98 Å². The van der Waals surface area contributed by atoms with E-state index in [1.54, 1.807) is 30.1 Å². The fourth-order valence-electron chi connectivity index (χ4n) is 2.02. The van der Waals surface area contributed by atoms with Crippen molar-refractivity contribution in [3.05, 3.63) is 53.6 Å². The molecule has 0 aliphatic rings. The fourth-order valence-corrected chi connectivity index (χ4v) is 2.02. The number of hydrogen-bond donors (Lipinski definition) is 1. The molecule has 0 bridgehead atoms. The number of aliphatic hydroxyl groups excluding tert-OH is 1. The lowest BCUT2D eigenvalue weighted by Crippen LogP contribution is -2.17. The van der Waals surface area contributed by atoms with Gasteiger partial charge in [0.15, 0.2) is 0 Å². The number of nitrogens with zero attached hydrogens (tertiary/aromatic N) is 2. The Balaban J connectivity index is 2.05. The molecule has 0 fully saturated rings. The van der Waals surface area contributed by atoms with E-state index in [-0.39, 0.29) is 6.42 Å². The number of aromatic nitrogens is 2. The van der Waals surface area contributed by atoms with Gasteiger partial charge in [-0.3, -0.25) is 0 Å². The van der Waals surface area contributed by atoms with Crippen LogP contribution in [0.4, 0.5) is 13.2 Å². The maximum Gasteiger partial charge on any atom is 0.416 e. The number of benzene rings is 1. The number of hydrogen-bond acceptors (Lipinski definition) is 2. The highest BCUT2D eigenvalue weighted by molar-refractivity contribution is 5.26. The van der Waals surface area contributed by atoms with Crippen molar-refractivity contribution in [1.29, 1.82) is 0 Å². The van der Waals surface area contributed by atoms with Gasteiger partial charge in [-0.1, -0.05) is 18.2 Å². The largest absolute Gasteiger partial charge is 0.416 e. The molecule has 1 aromatic heterocycles. The minimum Gasteiger partial charge on any atom is -0.392 e. The van der Waals surface area contributed by atoms with E-state index >= 15 is 0 Å². The zero-order valence-electron chi connectivity index (χ0n) is 10.9. The second kappa shape index (κ2) is 5.66. The molecule has 1 N–H and O–H groups in total. The van der Waals surface area contributed by atoms with Gasteiger partial charge in [-0.2, -0.15) is 13.2 Å². The lowest BCUT2D eigenvalue weighted by atomic mass is 10.0. The standard InChI is InChI=1S/C14H15F3N2O/c1-19-6-5-18-13(19)9-12(20)8-10-3-2-4-11(7-10)14(15,16)17/h2-7,12,20H,8-9H2,1H3. The SMILES string of the molecule is Cn1ccnc1CC(O)Cc1cccc(C(F)(F)F)c1. The van der Waals surface area contributed by atoms with Gasteiger partial charge >= 0.3 is 6.18 Å². The summed E-state index contributed by atoms with van der Waals surface area (Å²) in [6, 6.07) is 5.03. The Kier molecular flexibility index (Phi) is 4.13. The van der Waals surface area contributed by atoms with Crippen LogP contribution < -0.4 is 0 Å². The molecule has 1 heterocycles. The van der Waals surface area contributed by atoms with Crippen molar-refractivity contribution < 1.29 is 18.3 Å². The van der Waals surface area contributed by atoms with Gasteiger partial charge in [-0.15, -0.1) is 0 Å². The topological polar surface area (TPSA) is 38.0 Å². The van der Waals surface area contributed by atoms with Gasteiger partial charge in [0.25, 0.3) is 0 Å². The van der Waals surface area contributed by atoms with Crippen molar-refractivity contribution in [2.75, 3.05) is 0 Å². The molecular weight excluding hydrogens is 269 g/mol. The number of rotatable bonds is 4. The van der Waals surface area contributed by atoms with E-state index in [9.17, 15) is 18.3 Å². The molecule has 1 unspecified atom stereocenters. The van der Waals surface area contributed by atoms with Crippen LogP contribution in [0.15, 0.2) is 36.7 Å². The minimum atomic E-state index is -4.36. The zero-order chi connectivity index (χ0) is 14.8. The van der Waals surface area contributed by atoms with Crippen LogP contribution in [0, 0.1) is 0 Å². The number of imidazole rings is 1. The molecule has 108 valence electrons. The van der Waals surface area contributed by atoms with Crippen molar-refractivity contribution in [3.63, 3.8) is 0 Å². The number of halogens is 3. The van der Waals surface area contributed by atoms with Crippen molar-refractivity contribution in [2.24, 2.45) is 7.05 Å². The Morgan fingerprint density at radius 1 is 1.30 bits per heavy atom. The van der Waals surface area contributed by atoms with Crippen LogP contribution in [-0.4, -0.2) is 20.8 Å². The van der Waals surface area contributed by atoms with Gasteiger partial charge in [-0.05, 0) is 18.1 Å². The highest BCUT2D eigenvalue weighted by atomic mass is 19.4. The molecule has 0 aliphatic carbocycles. The Morgan fingerprint density at radius 2 is 2.05 bits per heavy atom. The highest BCUT2D eigenvalue weighted by Gasteiger charge is 2.30. The summed E-state index contributed by atoms with van der Waals surface area (Å²) in [5.41, 5.74) is -0.235. The van der Waals surface area contributed by atoms with E-state index in [0.717, 1.165) is 12.1 Å². The molecule has 0 radical (unpaired) electrons. The van der Waals surface area contributed by atoms with Gasteiger partial charge in [0, 0.05) is 25.9 Å². The summed E-state index contributed by atoms with van der Waals surface area (Å²) < 4.78 is 39.5. The first-order chi connectivity index (χ1) is 9.36. The summed E-state index contributed by atoms with van der Waals surface area (Å²) in [7, 11) is 1.80. The molecule has 0 aliphatic heterocycles. The van der Waals surface area contributed by atoms with Crippen LogP contribution in [0.2, 0.25) is 0 Å². The first kappa shape index (κ1) is 14.6. The Bertz CT molecular complexity index is 578. The van der Waals surface area contributed by atoms with E-state index in [1.165, 1.54) is 6.07 Å². The molecule has 1 aromatic carbocycles. The van der Waals surface area contributed by atoms with E-state index in [4.69, 9.17) is 0 Å². The number of aliphatic hydroxyl groups is 1. The first-order valence-corrected chi connectivity index (χ1v) is 6.16.